The molecule has 12 heavy (non-hydrogen) atoms. The fraction of sp³-hybridized carbons (Fsp3) is 0.125. The molecule has 0 saturated heterocycles. The van der Waals surface area contributed by atoms with E-state index >= 15 is 0 Å². The maximum absolute atomic E-state index is 5.71. The van der Waals surface area contributed by atoms with Crippen LogP contribution in [0.25, 0.3) is 0 Å². The standard InChI is InChI=1S/C8H10N2S2/c1-5-2-3-7(6(9)4-5)10-8(11)12/h2-4H,9H2,1H3,(H2,10,11,12). The first-order chi connectivity index (χ1) is 5.59. The van der Waals surface area contributed by atoms with Gasteiger partial charge in [0.1, 0.15) is 4.32 Å². The summed E-state index contributed by atoms with van der Waals surface area (Å²) in [4.78, 5) is 0. The van der Waals surface area contributed by atoms with Crippen molar-refractivity contribution in [2.75, 3.05) is 11.1 Å². The van der Waals surface area contributed by atoms with Crippen LogP contribution < -0.4 is 11.1 Å². The number of rotatable bonds is 1. The van der Waals surface area contributed by atoms with Crippen molar-refractivity contribution < 1.29 is 0 Å². The molecule has 0 bridgehead atoms. The second-order valence-corrected chi connectivity index (χ2v) is 3.68. The molecule has 0 aromatic heterocycles. The van der Waals surface area contributed by atoms with Gasteiger partial charge in [0, 0.05) is 0 Å². The number of thiocarbonyl (C=S) groups is 1. The summed E-state index contributed by atoms with van der Waals surface area (Å²) in [5, 5.41) is 2.87. The van der Waals surface area contributed by atoms with E-state index in [0.29, 0.717) is 10.0 Å². The van der Waals surface area contributed by atoms with Gasteiger partial charge in [-0.2, -0.15) is 0 Å². The molecule has 0 aliphatic rings. The second-order valence-electron chi connectivity index (χ2n) is 2.52. The lowest BCUT2D eigenvalue weighted by atomic mass is 10.2. The number of thiol groups is 1. The largest absolute Gasteiger partial charge is 0.397 e. The molecule has 0 heterocycles. The molecule has 64 valence electrons. The zero-order chi connectivity index (χ0) is 9.14. The summed E-state index contributed by atoms with van der Waals surface area (Å²) in [5.74, 6) is 0. The molecule has 1 aromatic carbocycles. The van der Waals surface area contributed by atoms with Gasteiger partial charge in [0.2, 0.25) is 0 Å². The number of nitrogens with one attached hydrogen (secondary N) is 1. The van der Waals surface area contributed by atoms with Crippen LogP contribution in [0.4, 0.5) is 11.4 Å². The van der Waals surface area contributed by atoms with E-state index < -0.39 is 0 Å². The number of nitrogens with two attached hydrogens (primary N) is 1. The van der Waals surface area contributed by atoms with E-state index in [1.165, 1.54) is 0 Å². The molecule has 0 saturated carbocycles. The van der Waals surface area contributed by atoms with E-state index in [1.807, 2.05) is 25.1 Å². The van der Waals surface area contributed by atoms with Crippen molar-refractivity contribution in [3.05, 3.63) is 23.8 Å². The molecule has 0 unspecified atom stereocenters. The van der Waals surface area contributed by atoms with Gasteiger partial charge in [-0.1, -0.05) is 18.3 Å². The Morgan fingerprint density at radius 1 is 1.58 bits per heavy atom. The highest BCUT2D eigenvalue weighted by molar-refractivity contribution is 8.11. The van der Waals surface area contributed by atoms with Crippen molar-refractivity contribution in [2.24, 2.45) is 0 Å². The normalized spacial score (nSPS) is 9.50. The molecule has 0 radical (unpaired) electrons. The van der Waals surface area contributed by atoms with E-state index in [2.05, 4.69) is 17.9 Å². The topological polar surface area (TPSA) is 38.0 Å². The van der Waals surface area contributed by atoms with Crippen molar-refractivity contribution in [3.63, 3.8) is 0 Å². The third-order valence-corrected chi connectivity index (χ3v) is 1.66. The Bertz CT molecular complexity index is 310. The summed E-state index contributed by atoms with van der Waals surface area (Å²) < 4.78 is 0.422. The maximum Gasteiger partial charge on any atom is 0.135 e. The number of anilines is 2. The quantitative estimate of drug-likeness (QED) is 0.368. The fourth-order valence-electron chi connectivity index (χ4n) is 0.911. The second kappa shape index (κ2) is 3.78. The highest BCUT2D eigenvalue weighted by atomic mass is 32.1. The Morgan fingerprint density at radius 2 is 2.25 bits per heavy atom. The Labute approximate surface area is 82.6 Å². The van der Waals surface area contributed by atoms with Gasteiger partial charge in [-0.3, -0.25) is 0 Å². The Kier molecular flexibility index (Phi) is 2.94. The van der Waals surface area contributed by atoms with Crippen LogP contribution in [0.2, 0.25) is 0 Å². The van der Waals surface area contributed by atoms with Gasteiger partial charge in [-0.05, 0) is 24.6 Å². The molecule has 0 amide bonds. The van der Waals surface area contributed by atoms with Crippen LogP contribution in [0.15, 0.2) is 18.2 Å². The lowest BCUT2D eigenvalue weighted by Crippen LogP contribution is -2.03. The van der Waals surface area contributed by atoms with Crippen LogP contribution in [-0.2, 0) is 0 Å². The third kappa shape index (κ3) is 2.39. The average Bonchev–Trinajstić information content (AvgIpc) is 1.94. The minimum atomic E-state index is 0.422. The number of hydrogen-bond donors (Lipinski definition) is 3. The van der Waals surface area contributed by atoms with E-state index in [-0.39, 0.29) is 0 Å². The molecule has 3 N–H and O–H groups in total. The predicted molar refractivity (Wildman–Crippen MR) is 60.8 cm³/mol. The van der Waals surface area contributed by atoms with E-state index in [0.717, 1.165) is 11.3 Å². The van der Waals surface area contributed by atoms with Gasteiger partial charge in [0.15, 0.2) is 0 Å². The summed E-state index contributed by atoms with van der Waals surface area (Å²) in [7, 11) is 0. The summed E-state index contributed by atoms with van der Waals surface area (Å²) in [6, 6.07) is 5.73. The molecule has 0 fully saturated rings. The monoisotopic (exact) mass is 198 g/mol. The maximum atomic E-state index is 5.71. The third-order valence-electron chi connectivity index (χ3n) is 1.45. The predicted octanol–water partition coefficient (Wildman–Crippen LogP) is 2.20. The SMILES string of the molecule is Cc1ccc(NC(=S)S)c(N)c1. The van der Waals surface area contributed by atoms with E-state index in [4.69, 9.17) is 18.0 Å². The van der Waals surface area contributed by atoms with Crippen molar-refractivity contribution in [1.29, 1.82) is 0 Å². The summed E-state index contributed by atoms with van der Waals surface area (Å²) in [5.41, 5.74) is 8.33. The van der Waals surface area contributed by atoms with E-state index in [9.17, 15) is 0 Å². The first-order valence-corrected chi connectivity index (χ1v) is 4.31. The fourth-order valence-corrected chi connectivity index (χ4v) is 1.14. The number of hydrogen-bond acceptors (Lipinski definition) is 2. The van der Waals surface area contributed by atoms with Crippen molar-refractivity contribution >= 4 is 40.5 Å². The highest BCUT2D eigenvalue weighted by Gasteiger charge is 1.98. The van der Waals surface area contributed by atoms with Gasteiger partial charge in [-0.15, -0.1) is 12.6 Å². The summed E-state index contributed by atoms with van der Waals surface area (Å²) in [6.45, 7) is 1.99. The molecule has 4 heteroatoms. The molecule has 0 atom stereocenters. The van der Waals surface area contributed by atoms with Gasteiger partial charge in [0.25, 0.3) is 0 Å². The van der Waals surface area contributed by atoms with Gasteiger partial charge < -0.3 is 11.1 Å². The molecule has 2 nitrogen and oxygen atoms in total. The average molecular weight is 198 g/mol. The van der Waals surface area contributed by atoms with Crippen LogP contribution in [0.3, 0.4) is 0 Å². The van der Waals surface area contributed by atoms with Gasteiger partial charge in [0.05, 0.1) is 11.4 Å². The lowest BCUT2D eigenvalue weighted by molar-refractivity contribution is 1.47. The Hall–Kier alpha value is -0.740. The minimum Gasteiger partial charge on any atom is -0.397 e. The van der Waals surface area contributed by atoms with Crippen molar-refractivity contribution in [1.82, 2.24) is 0 Å². The molecule has 0 aliphatic carbocycles. The Morgan fingerprint density at radius 3 is 2.75 bits per heavy atom. The van der Waals surface area contributed by atoms with Crippen LogP contribution >= 0.6 is 24.8 Å². The first-order valence-electron chi connectivity index (χ1n) is 3.45. The van der Waals surface area contributed by atoms with Crippen LogP contribution in [0.5, 0.6) is 0 Å². The molecule has 0 spiro atoms. The van der Waals surface area contributed by atoms with Crippen LogP contribution in [-0.4, -0.2) is 4.32 Å². The molecule has 0 aliphatic heterocycles. The number of nitrogen functional groups attached to an aromatic ring is 1. The Balaban J connectivity index is 2.93. The first kappa shape index (κ1) is 9.35. The van der Waals surface area contributed by atoms with Gasteiger partial charge >= 0.3 is 0 Å². The van der Waals surface area contributed by atoms with Crippen molar-refractivity contribution in [2.45, 2.75) is 6.92 Å². The summed E-state index contributed by atoms with van der Waals surface area (Å²) in [6.07, 6.45) is 0. The number of benzene rings is 1. The van der Waals surface area contributed by atoms with Gasteiger partial charge in [-0.25, -0.2) is 0 Å². The smallest absolute Gasteiger partial charge is 0.135 e. The zero-order valence-corrected chi connectivity index (χ0v) is 8.38. The molecule has 1 rings (SSSR count). The van der Waals surface area contributed by atoms with Crippen LogP contribution in [0, 0.1) is 6.92 Å². The lowest BCUT2D eigenvalue weighted by Gasteiger charge is -2.06. The van der Waals surface area contributed by atoms with Crippen LogP contribution in [0.1, 0.15) is 5.56 Å². The molecular weight excluding hydrogens is 188 g/mol. The molecular formula is C8H10N2S2. The van der Waals surface area contributed by atoms with Crippen molar-refractivity contribution in [3.8, 4) is 0 Å². The zero-order valence-electron chi connectivity index (χ0n) is 6.66. The highest BCUT2D eigenvalue weighted by Crippen LogP contribution is 2.19. The summed E-state index contributed by atoms with van der Waals surface area (Å²) >= 11 is 8.71. The number of aryl methyl sites for hydroxylation is 1. The van der Waals surface area contributed by atoms with E-state index in [1.54, 1.807) is 0 Å². The molecule has 1 aromatic rings. The minimum absolute atomic E-state index is 0.422.